The van der Waals surface area contributed by atoms with Crippen molar-refractivity contribution in [2.45, 2.75) is 0 Å². The molecule has 0 fully saturated rings. The summed E-state index contributed by atoms with van der Waals surface area (Å²) in [6.45, 7) is 0. The van der Waals surface area contributed by atoms with E-state index in [1.807, 2.05) is 72.8 Å². The molecule has 3 nitrogen and oxygen atoms in total. The Kier molecular flexibility index (Phi) is 6.81. The van der Waals surface area contributed by atoms with Crippen LogP contribution in [0.15, 0.2) is 128 Å². The van der Waals surface area contributed by atoms with Gasteiger partial charge >= 0.3 is 209 Å². The molecule has 0 saturated carbocycles. The molecule has 0 saturated heterocycles. The molecule has 5 heteroatoms. The van der Waals surface area contributed by atoms with Crippen LogP contribution in [0.4, 0.5) is 0 Å². The Labute approximate surface area is 207 Å². The summed E-state index contributed by atoms with van der Waals surface area (Å²) in [7, 11) is 0. The van der Waals surface area contributed by atoms with Gasteiger partial charge in [0.25, 0.3) is 0 Å². The van der Waals surface area contributed by atoms with Gasteiger partial charge in [0, 0.05) is 0 Å². The molecule has 4 aromatic rings. The molecule has 0 radical (unpaired) electrons. The Bertz CT molecular complexity index is 1120. The molecule has 160 valence electrons. The maximum absolute atomic E-state index is 13.3. The number of esters is 2. The van der Waals surface area contributed by atoms with Crippen molar-refractivity contribution >= 4 is 66.4 Å². The summed E-state index contributed by atoms with van der Waals surface area (Å²) in [6.07, 6.45) is 0. The molecule has 0 aromatic heterocycles. The van der Waals surface area contributed by atoms with Crippen LogP contribution in [-0.2, 0) is 14.3 Å². The molecule has 33 heavy (non-hydrogen) atoms. The zero-order valence-electron chi connectivity index (χ0n) is 17.7. The van der Waals surface area contributed by atoms with E-state index in [-0.39, 0.29) is 0 Å². The molecule has 4 aromatic carbocycles. The standard InChI is InChI=1S/4C6H5.C4O3.2Sb/c4*1-2-4-6-5-3-1;5-3-1-2-4(6)7-3;;/h4*1-5H;;;. The predicted molar refractivity (Wildman–Crippen MR) is 134 cm³/mol. The van der Waals surface area contributed by atoms with E-state index in [2.05, 4.69) is 48.5 Å². The number of cyclic esters (lactones) is 2. The van der Waals surface area contributed by atoms with Crippen molar-refractivity contribution in [1.82, 2.24) is 0 Å². The summed E-state index contributed by atoms with van der Waals surface area (Å²) >= 11 is -5.65. The Morgan fingerprint density at radius 2 is 0.636 bits per heavy atom. The number of benzene rings is 4. The van der Waals surface area contributed by atoms with Crippen LogP contribution in [0, 0.1) is 0 Å². The first-order valence-corrected chi connectivity index (χ1v) is 18.2. The van der Waals surface area contributed by atoms with Crippen LogP contribution in [0.1, 0.15) is 0 Å². The average molecular weight is 648 g/mol. The summed E-state index contributed by atoms with van der Waals surface area (Å²) < 4.78 is 11.3. The van der Waals surface area contributed by atoms with E-state index in [0.29, 0.717) is 7.04 Å². The fourth-order valence-electron chi connectivity index (χ4n) is 3.89. The van der Waals surface area contributed by atoms with Crippen LogP contribution < -0.4 is 14.0 Å². The Hall–Kier alpha value is -2.60. The first-order valence-electron chi connectivity index (χ1n) is 10.6. The summed E-state index contributed by atoms with van der Waals surface area (Å²) in [5, 5.41) is 0. The fraction of sp³-hybridized carbons (Fsp3) is 0. The summed E-state index contributed by atoms with van der Waals surface area (Å²) in [4.78, 5) is 26.6. The van der Waals surface area contributed by atoms with Gasteiger partial charge < -0.3 is 0 Å². The monoisotopic (exact) mass is 646 g/mol. The molecule has 0 N–H and O–H groups in total. The molecule has 0 spiro atoms. The van der Waals surface area contributed by atoms with Gasteiger partial charge in [-0.15, -0.1) is 0 Å². The minimum atomic E-state index is -2.82. The third-order valence-electron chi connectivity index (χ3n) is 5.30. The Morgan fingerprint density at radius 3 is 0.879 bits per heavy atom. The number of hydrogen-bond donors (Lipinski definition) is 0. The molecule has 5 rings (SSSR count). The molecule has 0 bridgehead atoms. The van der Waals surface area contributed by atoms with Crippen molar-refractivity contribution < 1.29 is 14.3 Å². The number of carbonyl (C=O) groups is 2. The van der Waals surface area contributed by atoms with E-state index in [1.165, 1.54) is 0 Å². The van der Waals surface area contributed by atoms with Crippen molar-refractivity contribution in [1.29, 1.82) is 0 Å². The van der Waals surface area contributed by atoms with Crippen LogP contribution >= 0.6 is 0 Å². The second kappa shape index (κ2) is 10.1. The van der Waals surface area contributed by atoms with Gasteiger partial charge in [-0.05, 0) is 0 Å². The van der Waals surface area contributed by atoms with Crippen molar-refractivity contribution in [2.24, 2.45) is 0 Å². The molecule has 0 atom stereocenters. The predicted octanol–water partition coefficient (Wildman–Crippen LogP) is 2.06. The maximum atomic E-state index is 13.3. The zero-order chi connectivity index (χ0) is 22.6. The van der Waals surface area contributed by atoms with Crippen LogP contribution in [0.2, 0.25) is 0 Å². The number of rotatable bonds is 6. The third kappa shape index (κ3) is 4.58. The van der Waals surface area contributed by atoms with Crippen molar-refractivity contribution in [3.05, 3.63) is 128 Å². The van der Waals surface area contributed by atoms with Gasteiger partial charge in [-0.2, -0.15) is 0 Å². The second-order valence-electron chi connectivity index (χ2n) is 7.39. The van der Waals surface area contributed by atoms with Crippen LogP contribution in [-0.4, -0.2) is 52.4 Å². The number of hydrogen-bond acceptors (Lipinski definition) is 3. The van der Waals surface area contributed by atoms with Gasteiger partial charge in [-0.1, -0.05) is 0 Å². The van der Waals surface area contributed by atoms with E-state index in [0.717, 1.165) is 14.0 Å². The molecule has 0 amide bonds. The normalized spacial score (nSPS) is 13.6. The van der Waals surface area contributed by atoms with Crippen molar-refractivity contribution in [3.8, 4) is 0 Å². The Balaban J connectivity index is 1.80. The third-order valence-corrected chi connectivity index (χ3v) is 21.0. The molecule has 1 aliphatic heterocycles. The minimum absolute atomic E-state index is 0.452. The van der Waals surface area contributed by atoms with Gasteiger partial charge in [-0.25, -0.2) is 0 Å². The van der Waals surface area contributed by atoms with E-state index in [9.17, 15) is 9.59 Å². The second-order valence-corrected chi connectivity index (χ2v) is 19.7. The SMILES string of the molecule is O=C1OC(=O)[C]([Sb]([c]2ccccc2)[c]2ccccc2)=[C]1[Sb]([c]1ccccc1)[c]1ccccc1. The first-order chi connectivity index (χ1) is 16.2. The fourth-order valence-corrected chi connectivity index (χ4v) is 20.8. The van der Waals surface area contributed by atoms with Gasteiger partial charge in [0.05, 0.1) is 0 Å². The molecule has 0 unspecified atom stereocenters. The Morgan fingerprint density at radius 1 is 0.394 bits per heavy atom. The first kappa shape index (κ1) is 22.2. The van der Waals surface area contributed by atoms with Gasteiger partial charge in [0.2, 0.25) is 0 Å². The number of ether oxygens (including phenoxy) is 1. The van der Waals surface area contributed by atoms with Gasteiger partial charge in [-0.3, -0.25) is 0 Å². The average Bonchev–Trinajstić information content (AvgIpc) is 3.15. The van der Waals surface area contributed by atoms with E-state index < -0.39 is 52.4 Å². The molecular formula is C28H20O3Sb2. The summed E-state index contributed by atoms with van der Waals surface area (Å²) in [5.41, 5.74) is 0. The van der Waals surface area contributed by atoms with E-state index in [4.69, 9.17) is 4.74 Å². The van der Waals surface area contributed by atoms with Gasteiger partial charge in [0.15, 0.2) is 0 Å². The van der Waals surface area contributed by atoms with Crippen molar-refractivity contribution in [3.63, 3.8) is 0 Å². The topological polar surface area (TPSA) is 43.4 Å². The quantitative estimate of drug-likeness (QED) is 0.183. The molecule has 1 heterocycles. The van der Waals surface area contributed by atoms with Crippen LogP contribution in [0.3, 0.4) is 0 Å². The molecule has 1 aliphatic rings. The number of carbonyl (C=O) groups excluding carboxylic acids is 2. The van der Waals surface area contributed by atoms with E-state index in [1.54, 1.807) is 0 Å². The summed E-state index contributed by atoms with van der Waals surface area (Å²) in [6, 6.07) is 40.7. The van der Waals surface area contributed by atoms with Crippen LogP contribution in [0.5, 0.6) is 0 Å². The van der Waals surface area contributed by atoms with Crippen LogP contribution in [0.25, 0.3) is 0 Å². The zero-order valence-corrected chi connectivity index (χ0v) is 22.8. The molecule has 0 aliphatic carbocycles. The van der Waals surface area contributed by atoms with E-state index >= 15 is 0 Å². The summed E-state index contributed by atoms with van der Waals surface area (Å²) in [5.74, 6) is -0.904. The molecular weight excluding hydrogens is 628 g/mol. The van der Waals surface area contributed by atoms with Gasteiger partial charge in [0.1, 0.15) is 0 Å². The van der Waals surface area contributed by atoms with Crippen molar-refractivity contribution in [2.75, 3.05) is 0 Å².